The van der Waals surface area contributed by atoms with Crippen LogP contribution in [0.4, 0.5) is 4.79 Å². The van der Waals surface area contributed by atoms with E-state index in [4.69, 9.17) is 4.74 Å². The van der Waals surface area contributed by atoms with Gasteiger partial charge in [0.2, 0.25) is 5.91 Å². The van der Waals surface area contributed by atoms with Gasteiger partial charge in [-0.25, -0.2) is 9.78 Å². The molecule has 8 heteroatoms. The van der Waals surface area contributed by atoms with Crippen LogP contribution in [0.3, 0.4) is 0 Å². The number of imidazole rings is 1. The van der Waals surface area contributed by atoms with Gasteiger partial charge in [-0.1, -0.05) is 50.6 Å². The van der Waals surface area contributed by atoms with Crippen LogP contribution in [0.1, 0.15) is 31.5 Å². The van der Waals surface area contributed by atoms with Crippen molar-refractivity contribution in [1.82, 2.24) is 20.0 Å². The average molecular weight is 473 g/mol. The molecular formula is C22H25BrN4O3. The zero-order valence-electron chi connectivity index (χ0n) is 17.0. The van der Waals surface area contributed by atoms with Crippen LogP contribution in [0.5, 0.6) is 0 Å². The number of amides is 2. The number of ether oxygens (including phenoxy) is 1. The second-order valence-electron chi connectivity index (χ2n) is 7.13. The highest BCUT2D eigenvalue weighted by Crippen LogP contribution is 2.13. The first-order valence-electron chi connectivity index (χ1n) is 9.84. The molecule has 0 bridgehead atoms. The lowest BCUT2D eigenvalue weighted by molar-refractivity contribution is -0.124. The number of hydrogen-bond donors (Lipinski definition) is 2. The Morgan fingerprint density at radius 1 is 1.17 bits per heavy atom. The summed E-state index contributed by atoms with van der Waals surface area (Å²) in [6.07, 6.45) is 3.89. The Balaban J connectivity index is 1.57. The van der Waals surface area contributed by atoms with Crippen LogP contribution in [0.15, 0.2) is 59.3 Å². The Bertz CT molecular complexity index is 1010. The van der Waals surface area contributed by atoms with Crippen molar-refractivity contribution in [2.75, 3.05) is 0 Å². The van der Waals surface area contributed by atoms with E-state index in [0.29, 0.717) is 0 Å². The number of alkyl carbamates (subject to hydrolysis) is 1. The first-order chi connectivity index (χ1) is 14.5. The molecule has 2 atom stereocenters. The molecule has 0 aliphatic carbocycles. The molecule has 158 valence electrons. The summed E-state index contributed by atoms with van der Waals surface area (Å²) in [5.41, 5.74) is 2.41. The average Bonchev–Trinajstić information content (AvgIpc) is 3.16. The lowest BCUT2D eigenvalue weighted by Gasteiger charge is -2.23. The number of halogens is 1. The molecular weight excluding hydrogens is 448 g/mol. The van der Waals surface area contributed by atoms with E-state index in [1.807, 2.05) is 73.1 Å². The topological polar surface area (TPSA) is 84.7 Å². The van der Waals surface area contributed by atoms with Crippen LogP contribution < -0.4 is 10.6 Å². The van der Waals surface area contributed by atoms with Crippen LogP contribution in [-0.4, -0.2) is 27.4 Å². The van der Waals surface area contributed by atoms with Crippen LogP contribution in [0, 0.1) is 5.92 Å². The summed E-state index contributed by atoms with van der Waals surface area (Å²) in [6.45, 7) is 4.32. The number of aromatic nitrogens is 2. The minimum Gasteiger partial charge on any atom is -0.445 e. The second kappa shape index (κ2) is 10.2. The van der Waals surface area contributed by atoms with Crippen molar-refractivity contribution in [3.8, 4) is 0 Å². The fourth-order valence-electron chi connectivity index (χ4n) is 2.98. The maximum atomic E-state index is 12.8. The molecule has 0 fully saturated rings. The Kier molecular flexibility index (Phi) is 7.46. The summed E-state index contributed by atoms with van der Waals surface area (Å²) in [4.78, 5) is 29.5. The molecule has 3 aromatic rings. The molecule has 30 heavy (non-hydrogen) atoms. The number of pyridine rings is 1. The van der Waals surface area contributed by atoms with Gasteiger partial charge in [-0.15, -0.1) is 0 Å². The van der Waals surface area contributed by atoms with Gasteiger partial charge in [0.05, 0.1) is 12.2 Å². The van der Waals surface area contributed by atoms with Crippen LogP contribution in [-0.2, 0) is 22.7 Å². The van der Waals surface area contributed by atoms with Crippen molar-refractivity contribution in [3.63, 3.8) is 0 Å². The fraction of sp³-hybridized carbons (Fsp3) is 0.318. The molecule has 0 spiro atoms. The van der Waals surface area contributed by atoms with Gasteiger partial charge in [-0.05, 0) is 39.5 Å². The number of hydrogen-bond acceptors (Lipinski definition) is 4. The van der Waals surface area contributed by atoms with Crippen molar-refractivity contribution >= 4 is 33.6 Å². The third-order valence-corrected chi connectivity index (χ3v) is 5.36. The molecule has 2 aromatic heterocycles. The quantitative estimate of drug-likeness (QED) is 0.517. The monoisotopic (exact) mass is 472 g/mol. The predicted octanol–water partition coefficient (Wildman–Crippen LogP) is 4.05. The molecule has 0 saturated heterocycles. The van der Waals surface area contributed by atoms with Crippen LogP contribution in [0.2, 0.25) is 0 Å². The third kappa shape index (κ3) is 5.82. The highest BCUT2D eigenvalue weighted by molar-refractivity contribution is 9.10. The van der Waals surface area contributed by atoms with Crippen molar-refractivity contribution in [1.29, 1.82) is 0 Å². The zero-order chi connectivity index (χ0) is 21.5. The lowest BCUT2D eigenvalue weighted by atomic mass is 9.98. The van der Waals surface area contributed by atoms with E-state index in [-0.39, 0.29) is 25.0 Å². The van der Waals surface area contributed by atoms with Crippen molar-refractivity contribution in [2.24, 2.45) is 5.92 Å². The fourth-order valence-corrected chi connectivity index (χ4v) is 3.34. The molecule has 2 heterocycles. The summed E-state index contributed by atoms with van der Waals surface area (Å²) in [5, 5.41) is 5.58. The van der Waals surface area contributed by atoms with E-state index >= 15 is 0 Å². The first kappa shape index (κ1) is 21.8. The Hall–Kier alpha value is -2.87. The van der Waals surface area contributed by atoms with Gasteiger partial charge in [0.15, 0.2) is 0 Å². The maximum absolute atomic E-state index is 12.8. The summed E-state index contributed by atoms with van der Waals surface area (Å²) >= 11 is 3.43. The summed E-state index contributed by atoms with van der Waals surface area (Å²) in [7, 11) is 0. The Morgan fingerprint density at radius 3 is 2.67 bits per heavy atom. The van der Waals surface area contributed by atoms with Gasteiger partial charge in [0, 0.05) is 16.9 Å². The minimum absolute atomic E-state index is 0.0497. The minimum atomic E-state index is -0.690. The van der Waals surface area contributed by atoms with Gasteiger partial charge in [-0.3, -0.25) is 4.79 Å². The number of fused-ring (bicyclic) bond motifs is 1. The van der Waals surface area contributed by atoms with Gasteiger partial charge in [-0.2, -0.15) is 0 Å². The third-order valence-electron chi connectivity index (χ3n) is 4.89. The summed E-state index contributed by atoms with van der Waals surface area (Å²) in [6, 6.07) is 12.5. The molecule has 7 nitrogen and oxygen atoms in total. The molecule has 2 N–H and O–H groups in total. The normalized spacial score (nSPS) is 12.9. The lowest BCUT2D eigenvalue weighted by Crippen LogP contribution is -2.50. The molecule has 3 rings (SSSR count). The number of nitrogens with zero attached hydrogens (tertiary/aromatic N) is 2. The highest BCUT2D eigenvalue weighted by Gasteiger charge is 2.26. The second-order valence-corrected chi connectivity index (χ2v) is 8.05. The van der Waals surface area contributed by atoms with Crippen molar-refractivity contribution < 1.29 is 14.3 Å². The standard InChI is InChI=1S/C22H25BrN4O3/c1-3-15(2)20(26-22(29)30-14-16-7-5-4-6-8-16)21(28)24-11-18-13-27-12-17(23)9-10-19(27)25-18/h4-10,12-13,15,20H,3,11,14H2,1-2H3,(H,24,28)(H,26,29)/t15-,20-/m0/s1. The number of benzene rings is 1. The van der Waals surface area contributed by atoms with Gasteiger partial charge in [0.1, 0.15) is 18.3 Å². The van der Waals surface area contributed by atoms with E-state index in [2.05, 4.69) is 31.5 Å². The molecule has 0 unspecified atom stereocenters. The van der Waals surface area contributed by atoms with Gasteiger partial charge in [0.25, 0.3) is 0 Å². The van der Waals surface area contributed by atoms with Crippen LogP contribution >= 0.6 is 15.9 Å². The summed E-state index contributed by atoms with van der Waals surface area (Å²) in [5.74, 6) is -0.314. The SMILES string of the molecule is CC[C@H](C)[C@H](NC(=O)OCc1ccccc1)C(=O)NCc1cn2cc(Br)ccc2n1. The molecule has 1 aromatic carbocycles. The Labute approximate surface area is 184 Å². The zero-order valence-corrected chi connectivity index (χ0v) is 18.6. The van der Waals surface area contributed by atoms with Gasteiger partial charge >= 0.3 is 6.09 Å². The molecule has 0 aliphatic rings. The highest BCUT2D eigenvalue weighted by atomic mass is 79.9. The van der Waals surface area contributed by atoms with E-state index in [9.17, 15) is 9.59 Å². The molecule has 0 radical (unpaired) electrons. The molecule has 0 aliphatic heterocycles. The number of rotatable bonds is 8. The predicted molar refractivity (Wildman–Crippen MR) is 118 cm³/mol. The number of carbonyl (C=O) groups excluding carboxylic acids is 2. The van der Waals surface area contributed by atoms with E-state index in [1.165, 1.54) is 0 Å². The largest absolute Gasteiger partial charge is 0.445 e. The van der Waals surface area contributed by atoms with Crippen LogP contribution in [0.25, 0.3) is 5.65 Å². The maximum Gasteiger partial charge on any atom is 0.408 e. The van der Waals surface area contributed by atoms with E-state index < -0.39 is 12.1 Å². The molecule has 0 saturated carbocycles. The van der Waals surface area contributed by atoms with Crippen molar-refractivity contribution in [3.05, 3.63) is 70.6 Å². The smallest absolute Gasteiger partial charge is 0.408 e. The first-order valence-corrected chi connectivity index (χ1v) is 10.6. The van der Waals surface area contributed by atoms with Gasteiger partial charge < -0.3 is 19.8 Å². The summed E-state index contributed by atoms with van der Waals surface area (Å²) < 4.78 is 8.10. The van der Waals surface area contributed by atoms with E-state index in [1.54, 1.807) is 0 Å². The number of carbonyl (C=O) groups is 2. The van der Waals surface area contributed by atoms with Crippen molar-refractivity contribution in [2.45, 2.75) is 39.5 Å². The Morgan fingerprint density at radius 2 is 1.93 bits per heavy atom. The number of nitrogens with one attached hydrogen (secondary N) is 2. The van der Waals surface area contributed by atoms with E-state index in [0.717, 1.165) is 27.8 Å². The molecule has 2 amide bonds.